The van der Waals surface area contributed by atoms with Crippen molar-refractivity contribution in [2.45, 2.75) is 20.4 Å². The van der Waals surface area contributed by atoms with E-state index in [4.69, 9.17) is 11.6 Å². The van der Waals surface area contributed by atoms with Crippen LogP contribution in [0.2, 0.25) is 5.02 Å². The van der Waals surface area contributed by atoms with Crippen LogP contribution >= 0.6 is 11.6 Å². The van der Waals surface area contributed by atoms with E-state index in [0.29, 0.717) is 18.0 Å². The lowest BCUT2D eigenvalue weighted by Crippen LogP contribution is -2.19. The van der Waals surface area contributed by atoms with Gasteiger partial charge in [0.2, 0.25) is 0 Å². The minimum absolute atomic E-state index is 0.180. The number of hydrogen-bond acceptors (Lipinski definition) is 1. The molecule has 1 rings (SSSR count). The highest BCUT2D eigenvalue weighted by Gasteiger charge is 2.08. The van der Waals surface area contributed by atoms with Gasteiger partial charge < -0.3 is 5.32 Å². The van der Waals surface area contributed by atoms with Crippen molar-refractivity contribution < 1.29 is 8.78 Å². The van der Waals surface area contributed by atoms with E-state index >= 15 is 0 Å². The first kappa shape index (κ1) is 12.4. The van der Waals surface area contributed by atoms with Gasteiger partial charge in [-0.05, 0) is 24.6 Å². The van der Waals surface area contributed by atoms with Crippen molar-refractivity contribution in [3.05, 3.63) is 34.4 Å². The summed E-state index contributed by atoms with van der Waals surface area (Å²) >= 11 is 5.44. The Hall–Kier alpha value is -0.670. The molecule has 1 N–H and O–H groups in total. The fraction of sp³-hybridized carbons (Fsp3) is 0.455. The lowest BCUT2D eigenvalue weighted by Gasteiger charge is -2.08. The Morgan fingerprint density at radius 2 is 1.93 bits per heavy atom. The molecule has 1 aromatic rings. The maximum atomic E-state index is 13.3. The third-order valence-electron chi connectivity index (χ3n) is 1.96. The Bertz CT molecular complexity index is 340. The second kappa shape index (κ2) is 5.42. The molecular formula is C11H14ClF2N. The van der Waals surface area contributed by atoms with Crippen LogP contribution in [-0.4, -0.2) is 6.54 Å². The summed E-state index contributed by atoms with van der Waals surface area (Å²) in [4.78, 5) is 0. The van der Waals surface area contributed by atoms with Gasteiger partial charge in [-0.15, -0.1) is 0 Å². The topological polar surface area (TPSA) is 12.0 Å². The Morgan fingerprint density at radius 3 is 2.53 bits per heavy atom. The molecule has 0 aliphatic heterocycles. The summed E-state index contributed by atoms with van der Waals surface area (Å²) in [7, 11) is 0. The van der Waals surface area contributed by atoms with Crippen molar-refractivity contribution in [3.8, 4) is 0 Å². The van der Waals surface area contributed by atoms with E-state index in [1.165, 1.54) is 0 Å². The van der Waals surface area contributed by atoms with Gasteiger partial charge in [0.1, 0.15) is 11.6 Å². The number of benzene rings is 1. The van der Waals surface area contributed by atoms with Crippen LogP contribution in [0.25, 0.3) is 0 Å². The summed E-state index contributed by atoms with van der Waals surface area (Å²) < 4.78 is 26.3. The first-order valence-electron chi connectivity index (χ1n) is 4.85. The van der Waals surface area contributed by atoms with E-state index < -0.39 is 11.6 Å². The van der Waals surface area contributed by atoms with Gasteiger partial charge in [0.25, 0.3) is 0 Å². The predicted octanol–water partition coefficient (Wildman–Crippen LogP) is 3.36. The van der Waals surface area contributed by atoms with Crippen molar-refractivity contribution in [3.63, 3.8) is 0 Å². The van der Waals surface area contributed by atoms with Gasteiger partial charge in [-0.3, -0.25) is 0 Å². The predicted molar refractivity (Wildman–Crippen MR) is 57.9 cm³/mol. The molecule has 1 nitrogen and oxygen atoms in total. The quantitative estimate of drug-likeness (QED) is 0.787. The summed E-state index contributed by atoms with van der Waals surface area (Å²) in [6, 6.07) is 2.13. The molecule has 0 saturated carbocycles. The van der Waals surface area contributed by atoms with Gasteiger partial charge >= 0.3 is 0 Å². The van der Waals surface area contributed by atoms with Gasteiger partial charge in [0.15, 0.2) is 0 Å². The van der Waals surface area contributed by atoms with Crippen LogP contribution in [0.15, 0.2) is 12.1 Å². The normalized spacial score (nSPS) is 11.1. The van der Waals surface area contributed by atoms with Crippen molar-refractivity contribution in [2.24, 2.45) is 5.92 Å². The molecule has 15 heavy (non-hydrogen) atoms. The van der Waals surface area contributed by atoms with E-state index in [0.717, 1.165) is 18.7 Å². The lowest BCUT2D eigenvalue weighted by atomic mass is 10.2. The monoisotopic (exact) mass is 233 g/mol. The zero-order valence-corrected chi connectivity index (χ0v) is 9.54. The Balaban J connectivity index is 2.65. The zero-order chi connectivity index (χ0) is 11.4. The molecular weight excluding hydrogens is 220 g/mol. The summed E-state index contributed by atoms with van der Waals surface area (Å²) in [6.07, 6.45) is 0. The highest BCUT2D eigenvalue weighted by molar-refractivity contribution is 6.30. The molecule has 0 radical (unpaired) electrons. The minimum atomic E-state index is -0.584. The maximum absolute atomic E-state index is 13.3. The highest BCUT2D eigenvalue weighted by Crippen LogP contribution is 2.19. The molecule has 1 aromatic carbocycles. The standard InChI is InChI=1S/C11H14ClF2N/c1-7(2)5-15-6-8-3-11(14)9(12)4-10(8)13/h3-4,7,15H,5-6H2,1-2H3. The average molecular weight is 234 g/mol. The summed E-state index contributed by atoms with van der Waals surface area (Å²) in [5.41, 5.74) is 0.303. The van der Waals surface area contributed by atoms with Crippen LogP contribution in [0, 0.1) is 17.6 Å². The van der Waals surface area contributed by atoms with E-state index in [1.807, 2.05) is 13.8 Å². The summed E-state index contributed by atoms with van der Waals surface area (Å²) in [6.45, 7) is 5.18. The second-order valence-electron chi connectivity index (χ2n) is 3.88. The molecule has 4 heteroatoms. The molecule has 0 saturated heterocycles. The number of hydrogen-bond donors (Lipinski definition) is 1. The molecule has 0 fully saturated rings. The molecule has 0 unspecified atom stereocenters. The van der Waals surface area contributed by atoms with Crippen LogP contribution in [0.3, 0.4) is 0 Å². The summed E-state index contributed by atoms with van der Waals surface area (Å²) in [5, 5.41) is 2.86. The van der Waals surface area contributed by atoms with Gasteiger partial charge in [-0.2, -0.15) is 0 Å². The largest absolute Gasteiger partial charge is 0.312 e. The van der Waals surface area contributed by atoms with Gasteiger partial charge in [0, 0.05) is 12.1 Å². The van der Waals surface area contributed by atoms with Gasteiger partial charge in [-0.1, -0.05) is 25.4 Å². The van der Waals surface area contributed by atoms with Crippen LogP contribution in [-0.2, 0) is 6.54 Å². The molecule has 0 aliphatic carbocycles. The second-order valence-corrected chi connectivity index (χ2v) is 4.29. The third-order valence-corrected chi connectivity index (χ3v) is 2.25. The maximum Gasteiger partial charge on any atom is 0.142 e. The fourth-order valence-corrected chi connectivity index (χ4v) is 1.35. The Morgan fingerprint density at radius 1 is 1.27 bits per heavy atom. The van der Waals surface area contributed by atoms with Crippen molar-refractivity contribution in [1.29, 1.82) is 0 Å². The summed E-state index contributed by atoms with van der Waals surface area (Å²) in [5.74, 6) is -0.581. The molecule has 0 atom stereocenters. The highest BCUT2D eigenvalue weighted by atomic mass is 35.5. The van der Waals surface area contributed by atoms with Crippen molar-refractivity contribution in [2.75, 3.05) is 6.54 Å². The van der Waals surface area contributed by atoms with Gasteiger partial charge in [-0.25, -0.2) is 8.78 Å². The average Bonchev–Trinajstić information content (AvgIpc) is 2.13. The number of rotatable bonds is 4. The molecule has 0 amide bonds. The molecule has 0 spiro atoms. The first-order valence-corrected chi connectivity index (χ1v) is 5.22. The fourth-order valence-electron chi connectivity index (χ4n) is 1.19. The first-order chi connectivity index (χ1) is 7.00. The SMILES string of the molecule is CC(C)CNCc1cc(F)c(Cl)cc1F. The molecule has 0 aromatic heterocycles. The smallest absolute Gasteiger partial charge is 0.142 e. The van der Waals surface area contributed by atoms with Crippen LogP contribution in [0.1, 0.15) is 19.4 Å². The van der Waals surface area contributed by atoms with E-state index in [2.05, 4.69) is 5.32 Å². The van der Waals surface area contributed by atoms with E-state index in [-0.39, 0.29) is 5.02 Å². The van der Waals surface area contributed by atoms with Crippen LogP contribution in [0.4, 0.5) is 8.78 Å². The zero-order valence-electron chi connectivity index (χ0n) is 8.78. The number of nitrogens with one attached hydrogen (secondary N) is 1. The minimum Gasteiger partial charge on any atom is -0.312 e. The molecule has 0 heterocycles. The van der Waals surface area contributed by atoms with E-state index in [1.54, 1.807) is 0 Å². The Kier molecular flexibility index (Phi) is 4.48. The Labute approximate surface area is 93.4 Å². The van der Waals surface area contributed by atoms with E-state index in [9.17, 15) is 8.78 Å². The number of halogens is 3. The third kappa shape index (κ3) is 3.76. The molecule has 0 bridgehead atoms. The van der Waals surface area contributed by atoms with Crippen molar-refractivity contribution >= 4 is 11.6 Å². The van der Waals surface area contributed by atoms with Crippen LogP contribution in [0.5, 0.6) is 0 Å². The molecule has 0 aliphatic rings. The van der Waals surface area contributed by atoms with Crippen LogP contribution < -0.4 is 5.32 Å². The molecule has 84 valence electrons. The van der Waals surface area contributed by atoms with Crippen molar-refractivity contribution in [1.82, 2.24) is 5.32 Å². The lowest BCUT2D eigenvalue weighted by molar-refractivity contribution is 0.529. The van der Waals surface area contributed by atoms with Gasteiger partial charge in [0.05, 0.1) is 5.02 Å².